The molecule has 2 aromatic rings. The van der Waals surface area contributed by atoms with Gasteiger partial charge < -0.3 is 36.0 Å². The quantitative estimate of drug-likeness (QED) is 0.280. The summed E-state index contributed by atoms with van der Waals surface area (Å²) < 4.78 is 6.08. The Morgan fingerprint density at radius 3 is 2.54 bits per heavy atom. The third-order valence-electron chi connectivity index (χ3n) is 12.5. The zero-order valence-electron chi connectivity index (χ0n) is 31.1. The van der Waals surface area contributed by atoms with Crippen LogP contribution in [0.4, 0.5) is 5.69 Å². The van der Waals surface area contributed by atoms with Crippen molar-refractivity contribution in [2.75, 3.05) is 52.8 Å². The van der Waals surface area contributed by atoms with Crippen molar-refractivity contribution in [3.63, 3.8) is 0 Å². The molecule has 0 spiro atoms. The number of fused-ring (bicyclic) bond motifs is 2. The van der Waals surface area contributed by atoms with Gasteiger partial charge in [-0.2, -0.15) is 5.06 Å². The van der Waals surface area contributed by atoms with Crippen LogP contribution in [0, 0.1) is 29.1 Å². The fourth-order valence-electron chi connectivity index (χ4n) is 9.35. The largest absolute Gasteiger partial charge is 0.496 e. The third-order valence-corrected chi connectivity index (χ3v) is 12.5. The van der Waals surface area contributed by atoms with Crippen LogP contribution in [0.2, 0.25) is 0 Å². The Hall–Kier alpha value is -3.22. The fourth-order valence-corrected chi connectivity index (χ4v) is 9.35. The van der Waals surface area contributed by atoms with E-state index in [-0.39, 0.29) is 37.0 Å². The van der Waals surface area contributed by atoms with Crippen molar-refractivity contribution in [1.82, 2.24) is 20.6 Å². The van der Waals surface area contributed by atoms with Gasteiger partial charge in [-0.3, -0.25) is 14.4 Å². The van der Waals surface area contributed by atoms with Crippen molar-refractivity contribution in [3.05, 3.63) is 47.5 Å². The van der Waals surface area contributed by atoms with E-state index in [2.05, 4.69) is 49.4 Å². The Morgan fingerprint density at radius 1 is 1.18 bits per heavy atom. The number of benzene rings is 2. The molecule has 11 heteroatoms. The number of amides is 2. The normalized spacial score (nSPS) is 31.2. The van der Waals surface area contributed by atoms with Gasteiger partial charge in [0, 0.05) is 67.6 Å². The van der Waals surface area contributed by atoms with Gasteiger partial charge in [-0.25, -0.2) is 0 Å². The molecule has 5 aliphatic rings. The molecule has 2 aliphatic heterocycles. The molecule has 2 bridgehead atoms. The molecule has 0 aromatic heterocycles. The van der Waals surface area contributed by atoms with Crippen molar-refractivity contribution in [2.45, 2.75) is 83.8 Å². The predicted octanol–water partition coefficient (Wildman–Crippen LogP) is 3.49. The predicted molar refractivity (Wildman–Crippen MR) is 196 cm³/mol. The average Bonchev–Trinajstić information content (AvgIpc) is 3.67. The second-order valence-corrected chi connectivity index (χ2v) is 16.2. The maximum atomic E-state index is 14.2. The summed E-state index contributed by atoms with van der Waals surface area (Å²) in [5.41, 5.74) is 10.4. The van der Waals surface area contributed by atoms with Gasteiger partial charge in [-0.1, -0.05) is 39.0 Å². The van der Waals surface area contributed by atoms with Crippen molar-refractivity contribution < 1.29 is 24.3 Å². The van der Waals surface area contributed by atoms with Crippen molar-refractivity contribution in [2.24, 2.45) is 34.8 Å². The number of aliphatic hydroxyl groups is 1. The zero-order valence-corrected chi connectivity index (χ0v) is 31.1. The van der Waals surface area contributed by atoms with Crippen LogP contribution >= 0.6 is 0 Å². The lowest BCUT2D eigenvalue weighted by molar-refractivity contribution is -0.175. The lowest BCUT2D eigenvalue weighted by Crippen LogP contribution is -2.62. The van der Waals surface area contributed by atoms with Crippen LogP contribution in [0.15, 0.2) is 36.4 Å². The molecule has 7 rings (SSSR count). The molecule has 2 heterocycles. The smallest absolute Gasteiger partial charge is 0.251 e. The van der Waals surface area contributed by atoms with E-state index in [1.54, 1.807) is 19.1 Å². The number of methoxy groups -OCH3 is 1. The van der Waals surface area contributed by atoms with Crippen LogP contribution in [0.5, 0.6) is 5.75 Å². The Morgan fingerprint density at radius 2 is 1.94 bits per heavy atom. The van der Waals surface area contributed by atoms with E-state index in [1.165, 1.54) is 6.42 Å². The molecule has 274 valence electrons. The highest BCUT2D eigenvalue weighted by molar-refractivity contribution is 5.97. The van der Waals surface area contributed by atoms with Gasteiger partial charge in [-0.05, 0) is 86.7 Å². The van der Waals surface area contributed by atoms with Crippen LogP contribution in [-0.4, -0.2) is 105 Å². The molecule has 2 saturated heterocycles. The molecule has 0 radical (unpaired) electrons. The Bertz CT molecular complexity index is 1560. The standard InChI is InChI=1S/C39H58N6O5/c1-22-31-17-27(39(31,3)4)18-32(22)42-38(48)35-34(23(2)46)33(19-40)50-45(35)20-24-10-9-11-30(36(24)49-8)25-14-26(16-29(15-25)43(5)6)37(47)41-28-12-13-44(7)21-28/h9-11,14-16,22-23,27-28,31-35,46H,12-13,17-21,40H2,1-8H3,(H,41,47)(H,42,48)/t22-,23-,27+,28?,31-,32-,33-,34+,35-/m0/s1. The minimum atomic E-state index is -0.809. The minimum absolute atomic E-state index is 0.0792. The number of likely N-dealkylation sites (N-methyl/N-ethyl adjacent to an activating group) is 1. The fraction of sp³-hybridized carbons (Fsp3) is 0.641. The van der Waals surface area contributed by atoms with Crippen molar-refractivity contribution in [1.29, 1.82) is 0 Å². The third kappa shape index (κ3) is 6.87. The monoisotopic (exact) mass is 690 g/mol. The molecular formula is C39H58N6O5. The number of likely N-dealkylation sites (tertiary alicyclic amines) is 1. The zero-order chi connectivity index (χ0) is 36.1. The number of hydrogen-bond acceptors (Lipinski definition) is 9. The first kappa shape index (κ1) is 36.6. The molecular weight excluding hydrogens is 632 g/mol. The number of nitrogens with one attached hydrogen (secondary N) is 2. The summed E-state index contributed by atoms with van der Waals surface area (Å²) in [5.74, 6) is 1.44. The number of nitrogens with two attached hydrogens (primary N) is 1. The summed E-state index contributed by atoms with van der Waals surface area (Å²) in [7, 11) is 7.62. The van der Waals surface area contributed by atoms with Crippen molar-refractivity contribution in [3.8, 4) is 16.9 Å². The Labute approximate surface area is 297 Å². The van der Waals surface area contributed by atoms with Gasteiger partial charge in [0.05, 0.1) is 25.9 Å². The summed E-state index contributed by atoms with van der Waals surface area (Å²) in [6, 6.07) is 11.2. The highest BCUT2D eigenvalue weighted by Gasteiger charge is 2.57. The number of rotatable bonds is 11. The van der Waals surface area contributed by atoms with Crippen LogP contribution in [0.3, 0.4) is 0 Å². The molecule has 3 saturated carbocycles. The highest BCUT2D eigenvalue weighted by atomic mass is 16.7. The summed E-state index contributed by atoms with van der Waals surface area (Å²) in [6.07, 6.45) is 1.78. The molecule has 9 atom stereocenters. The van der Waals surface area contributed by atoms with E-state index in [1.807, 2.05) is 49.3 Å². The summed E-state index contributed by atoms with van der Waals surface area (Å²) in [6.45, 7) is 10.9. The van der Waals surface area contributed by atoms with E-state index in [9.17, 15) is 14.7 Å². The lowest BCUT2D eigenvalue weighted by Gasteiger charge is -2.62. The lowest BCUT2D eigenvalue weighted by atomic mass is 9.45. The molecule has 3 aliphatic carbocycles. The van der Waals surface area contributed by atoms with Crippen LogP contribution in [0.25, 0.3) is 11.1 Å². The summed E-state index contributed by atoms with van der Waals surface area (Å²) in [4.78, 5) is 38.3. The molecule has 2 amide bonds. The highest BCUT2D eigenvalue weighted by Crippen LogP contribution is 2.61. The van der Waals surface area contributed by atoms with E-state index >= 15 is 0 Å². The molecule has 5 N–H and O–H groups in total. The molecule has 1 unspecified atom stereocenters. The molecule has 50 heavy (non-hydrogen) atoms. The first-order valence-corrected chi connectivity index (χ1v) is 18.3. The number of aliphatic hydroxyl groups excluding tert-OH is 1. The average molecular weight is 691 g/mol. The molecule has 2 aromatic carbocycles. The van der Waals surface area contributed by atoms with Gasteiger partial charge >= 0.3 is 0 Å². The number of ether oxygens (including phenoxy) is 1. The summed E-state index contributed by atoms with van der Waals surface area (Å²) in [5, 5.41) is 19.3. The Kier molecular flexibility index (Phi) is 10.5. The van der Waals surface area contributed by atoms with Crippen molar-refractivity contribution >= 4 is 17.5 Å². The van der Waals surface area contributed by atoms with Gasteiger partial charge in [0.15, 0.2) is 0 Å². The number of nitrogens with zero attached hydrogens (tertiary/aromatic N) is 3. The number of anilines is 1. The van der Waals surface area contributed by atoms with Crippen LogP contribution in [0.1, 0.15) is 62.9 Å². The summed E-state index contributed by atoms with van der Waals surface area (Å²) >= 11 is 0. The number of carbonyl (C=O) groups is 2. The number of para-hydroxylation sites is 1. The Balaban J connectivity index is 1.28. The number of hydroxylamine groups is 2. The second-order valence-electron chi connectivity index (χ2n) is 16.2. The van der Waals surface area contributed by atoms with Gasteiger partial charge in [0.1, 0.15) is 11.8 Å². The molecule has 5 fully saturated rings. The maximum absolute atomic E-state index is 14.2. The van der Waals surface area contributed by atoms with E-state index in [0.29, 0.717) is 34.5 Å². The van der Waals surface area contributed by atoms with Gasteiger partial charge in [0.25, 0.3) is 5.91 Å². The van der Waals surface area contributed by atoms with E-state index < -0.39 is 24.2 Å². The first-order chi connectivity index (χ1) is 23.7. The minimum Gasteiger partial charge on any atom is -0.496 e. The number of carbonyl (C=O) groups excluding carboxylic acids is 2. The first-order valence-electron chi connectivity index (χ1n) is 18.3. The second kappa shape index (κ2) is 14.4. The van der Waals surface area contributed by atoms with Crippen LogP contribution in [-0.2, 0) is 16.2 Å². The van der Waals surface area contributed by atoms with E-state index in [4.69, 9.17) is 15.3 Å². The van der Waals surface area contributed by atoms with E-state index in [0.717, 1.165) is 48.3 Å². The van der Waals surface area contributed by atoms with Gasteiger partial charge in [0.2, 0.25) is 5.91 Å². The van der Waals surface area contributed by atoms with Crippen LogP contribution < -0.4 is 26.0 Å². The SMILES string of the molecule is COc1c(CN2O[C@@H](CN)[C@@H]([C@H](C)O)[C@H]2C(=O)N[C@H]2C[C@H]3C[C@@H]([C@@H]2C)C3(C)C)cccc1-c1cc(C(=O)NC2CCN(C)C2)cc(N(C)C)c1. The topological polar surface area (TPSA) is 133 Å². The number of hydrogen-bond donors (Lipinski definition) is 4. The molecule has 11 nitrogen and oxygen atoms in total. The maximum Gasteiger partial charge on any atom is 0.251 e. The van der Waals surface area contributed by atoms with Gasteiger partial charge in [-0.15, -0.1) is 0 Å².